The van der Waals surface area contributed by atoms with Gasteiger partial charge in [0.15, 0.2) is 30.7 Å². The molecule has 27 heteroatoms. The number of aliphatic hydroxyl groups is 1. The average molecular weight is 1290 g/mol. The van der Waals surface area contributed by atoms with Crippen molar-refractivity contribution in [2.75, 3.05) is 19.8 Å². The van der Waals surface area contributed by atoms with Crippen LogP contribution in [0.15, 0.2) is 132 Å². The lowest BCUT2D eigenvalue weighted by atomic mass is 9.44. The number of carbonyl (C=O) groups excluding carboxylic acids is 11. The lowest BCUT2D eigenvalue weighted by Crippen LogP contribution is -2.82. The molecule has 1 unspecified atom stereocenters. The number of benzene rings is 4. The molecular formula is C66H70N4O23. The quantitative estimate of drug-likeness (QED) is 0.0252. The van der Waals surface area contributed by atoms with Gasteiger partial charge in [-0.05, 0) is 73.4 Å². The van der Waals surface area contributed by atoms with Gasteiger partial charge in [0.1, 0.15) is 59.6 Å². The van der Waals surface area contributed by atoms with Crippen LogP contribution in [0.25, 0.3) is 0 Å². The third-order valence-corrected chi connectivity index (χ3v) is 17.7. The minimum atomic E-state index is -2.70. The molecule has 5 aliphatic rings. The molecular weight excluding hydrogens is 1220 g/mol. The number of Topliss-reactive ketones (excluding diaryl/α,β-unsaturated/α-hetero) is 1. The SMILES string of the molecule is CC(=O)O[C@H]1C(=O)[C@]2(C)[C@@H](OC(=O)COc3ccccc3)C[C@H]3OC[C@@]3(OC(C)=O)[C@H]2[C@H](OC(=O)c2ccccc2)[C@]2(O)C[C@H](OC(=O)[C@H](OC(=O)COc3ccccc3)[C@@H](NC(=O)[C@@H](CCC(=O)O)NC(=O)CC3NC(=O)NC3=O)c3ccccc3)C(C)=C1C2(C)C. The molecule has 4 aromatic rings. The number of ether oxygens (including phenoxy) is 9. The fourth-order valence-electron chi connectivity index (χ4n) is 13.1. The van der Waals surface area contributed by atoms with Crippen molar-refractivity contribution < 1.29 is 110 Å². The second-order valence-corrected chi connectivity index (χ2v) is 23.9. The van der Waals surface area contributed by atoms with Crippen molar-refractivity contribution in [3.05, 3.63) is 144 Å². The monoisotopic (exact) mass is 1290 g/mol. The molecule has 13 atom stereocenters. The maximum atomic E-state index is 16.5. The lowest BCUT2D eigenvalue weighted by molar-refractivity contribution is -0.346. The number of esters is 6. The number of amides is 5. The fraction of sp³-hybridized carbons (Fsp3) is 0.424. The summed E-state index contributed by atoms with van der Waals surface area (Å²) in [6.07, 6.45) is -14.3. The van der Waals surface area contributed by atoms with Gasteiger partial charge < -0.3 is 68.8 Å². The average Bonchev–Trinajstić information content (AvgIpc) is 0.845. The molecule has 2 bridgehead atoms. The number of urea groups is 1. The Morgan fingerprint density at radius 2 is 1.32 bits per heavy atom. The molecule has 5 amide bonds. The van der Waals surface area contributed by atoms with Crippen molar-refractivity contribution in [3.8, 4) is 11.5 Å². The Bertz CT molecular complexity index is 3590. The van der Waals surface area contributed by atoms with E-state index >= 15 is 9.59 Å². The number of carboxylic acid groups (broad SMARTS) is 1. The van der Waals surface area contributed by atoms with Crippen molar-refractivity contribution >= 4 is 71.3 Å². The summed E-state index contributed by atoms with van der Waals surface area (Å²) in [5.74, 6) is -13.5. The van der Waals surface area contributed by atoms with E-state index < -0.39 is 200 Å². The first-order chi connectivity index (χ1) is 44.2. The van der Waals surface area contributed by atoms with Gasteiger partial charge in [-0.3, -0.25) is 38.9 Å². The van der Waals surface area contributed by atoms with Gasteiger partial charge in [-0.25, -0.2) is 24.0 Å². The zero-order valence-electron chi connectivity index (χ0n) is 51.4. The molecule has 2 heterocycles. The predicted octanol–water partition coefficient (Wildman–Crippen LogP) is 3.63. The van der Waals surface area contributed by atoms with Gasteiger partial charge in [0.25, 0.3) is 5.91 Å². The zero-order valence-corrected chi connectivity index (χ0v) is 51.4. The van der Waals surface area contributed by atoms with Crippen LogP contribution in [0.3, 0.4) is 0 Å². The van der Waals surface area contributed by atoms with Crippen LogP contribution in [-0.4, -0.2) is 161 Å². The Morgan fingerprint density at radius 1 is 0.731 bits per heavy atom. The minimum Gasteiger partial charge on any atom is -0.482 e. The molecule has 2 aliphatic heterocycles. The Hall–Kier alpha value is -10.0. The van der Waals surface area contributed by atoms with Crippen LogP contribution in [0.4, 0.5) is 4.79 Å². The third-order valence-electron chi connectivity index (χ3n) is 17.7. The van der Waals surface area contributed by atoms with E-state index in [-0.39, 0.29) is 40.2 Å². The molecule has 9 rings (SSSR count). The number of ketones is 1. The standard InChI is InChI=1S/C66H70N4O23/c1-35-44(89-61(82)54(91-50(77)33-86-41-25-17-10-18-26-41)52(38-19-11-7-12-20-38)69-58(79)42(27-28-48(74)75)67-47(73)29-43-59(80)70-62(83)68-43)31-66(84)57(92-60(81)39-21-13-8-14-22-39)55-64(6,56(78)53(88-36(2)71)51(35)63(66,4)5)45(30-46-65(55,34-87-46)93-37(3)72)90-49(76)32-85-40-23-15-9-16-24-40/h7-26,42-46,52-55,57,84H,27-34H2,1-6H3,(H,67,73)(H,69,79)(H,74,75)(H2,68,70,80,83)/t42-,43?,44+,45+,46-,52+,53-,54-,55+,57+,64-,65+,66-/m1/s1. The zero-order chi connectivity index (χ0) is 67.2. The summed E-state index contributed by atoms with van der Waals surface area (Å²) in [5.41, 5.74) is -9.22. The predicted molar refractivity (Wildman–Crippen MR) is 317 cm³/mol. The van der Waals surface area contributed by atoms with E-state index in [9.17, 15) is 58.2 Å². The highest BCUT2D eigenvalue weighted by molar-refractivity contribution is 6.06. The molecule has 4 fully saturated rings. The summed E-state index contributed by atoms with van der Waals surface area (Å²) in [7, 11) is 0. The van der Waals surface area contributed by atoms with E-state index in [1.165, 1.54) is 88.4 Å². The van der Waals surface area contributed by atoms with E-state index in [4.69, 9.17) is 42.6 Å². The van der Waals surface area contributed by atoms with Gasteiger partial charge in [0.2, 0.25) is 17.9 Å². The van der Waals surface area contributed by atoms with Crippen molar-refractivity contribution in [3.63, 3.8) is 0 Å². The van der Waals surface area contributed by atoms with Crippen molar-refractivity contribution in [2.24, 2.45) is 16.7 Å². The van der Waals surface area contributed by atoms with Crippen LogP contribution in [0.1, 0.15) is 95.6 Å². The largest absolute Gasteiger partial charge is 0.482 e. The number of carboxylic acids is 1. The van der Waals surface area contributed by atoms with Crippen molar-refractivity contribution in [1.29, 1.82) is 0 Å². The maximum Gasteiger partial charge on any atom is 0.350 e. The molecule has 0 radical (unpaired) electrons. The Kier molecular flexibility index (Phi) is 20.2. The molecule has 0 aromatic heterocycles. The molecule has 0 spiro atoms. The Labute approximate surface area is 532 Å². The van der Waals surface area contributed by atoms with Crippen LogP contribution in [-0.2, 0) is 81.1 Å². The van der Waals surface area contributed by atoms with Gasteiger partial charge in [-0.15, -0.1) is 0 Å². The lowest BCUT2D eigenvalue weighted by Gasteiger charge is -2.67. The first-order valence-corrected chi connectivity index (χ1v) is 29.8. The minimum absolute atomic E-state index is 0.0433. The van der Waals surface area contributed by atoms with Crippen LogP contribution in [0.2, 0.25) is 0 Å². The maximum absolute atomic E-state index is 16.5. The van der Waals surface area contributed by atoms with Crippen LogP contribution in [0.5, 0.6) is 11.5 Å². The molecule has 6 N–H and O–H groups in total. The van der Waals surface area contributed by atoms with Crippen LogP contribution < -0.4 is 30.7 Å². The summed E-state index contributed by atoms with van der Waals surface area (Å²) in [6, 6.07) is 25.3. The second-order valence-electron chi connectivity index (χ2n) is 23.9. The summed E-state index contributed by atoms with van der Waals surface area (Å²) in [4.78, 5) is 167. The number of para-hydroxylation sites is 2. The topological polar surface area (TPSA) is 376 Å². The van der Waals surface area contributed by atoms with Gasteiger partial charge >= 0.3 is 47.8 Å². The summed E-state index contributed by atoms with van der Waals surface area (Å²) >= 11 is 0. The van der Waals surface area contributed by atoms with Gasteiger partial charge in [-0.1, -0.05) is 98.8 Å². The number of hydrogen-bond acceptors (Lipinski definition) is 22. The van der Waals surface area contributed by atoms with E-state index in [1.54, 1.807) is 60.7 Å². The van der Waals surface area contributed by atoms with E-state index in [0.29, 0.717) is 0 Å². The Balaban J connectivity index is 1.18. The number of carbonyl (C=O) groups is 12. The molecule has 27 nitrogen and oxygen atoms in total. The number of imide groups is 1. The molecule has 2 saturated carbocycles. The third kappa shape index (κ3) is 14.2. The van der Waals surface area contributed by atoms with Gasteiger partial charge in [0, 0.05) is 38.5 Å². The Morgan fingerprint density at radius 3 is 1.87 bits per heavy atom. The van der Waals surface area contributed by atoms with E-state index in [1.807, 2.05) is 5.32 Å². The molecule has 492 valence electrons. The summed E-state index contributed by atoms with van der Waals surface area (Å²) in [6.45, 7) is 5.73. The van der Waals surface area contributed by atoms with E-state index in [0.717, 1.165) is 13.8 Å². The molecule has 4 aromatic carbocycles. The van der Waals surface area contributed by atoms with Crippen LogP contribution in [0, 0.1) is 16.7 Å². The molecule has 2 saturated heterocycles. The number of nitrogens with one attached hydrogen (secondary N) is 4. The molecule has 3 aliphatic carbocycles. The number of aliphatic carboxylic acids is 1. The second kappa shape index (κ2) is 27.8. The van der Waals surface area contributed by atoms with Crippen molar-refractivity contribution in [2.45, 2.75) is 140 Å². The normalized spacial score (nSPS) is 26.7. The number of hydrogen-bond donors (Lipinski definition) is 6. The highest BCUT2D eigenvalue weighted by atomic mass is 16.6. The highest BCUT2D eigenvalue weighted by Crippen LogP contribution is 2.65. The van der Waals surface area contributed by atoms with Gasteiger partial charge in [0.05, 0.1) is 29.9 Å². The van der Waals surface area contributed by atoms with Crippen molar-refractivity contribution in [1.82, 2.24) is 21.3 Å². The smallest absolute Gasteiger partial charge is 0.350 e. The van der Waals surface area contributed by atoms with Gasteiger partial charge in [-0.2, -0.15) is 0 Å². The summed E-state index contributed by atoms with van der Waals surface area (Å²) in [5, 5.41) is 33.4. The summed E-state index contributed by atoms with van der Waals surface area (Å²) < 4.78 is 55.1. The van der Waals surface area contributed by atoms with Crippen LogP contribution >= 0.6 is 0 Å². The fourth-order valence-corrected chi connectivity index (χ4v) is 13.1. The van der Waals surface area contributed by atoms with E-state index in [2.05, 4.69) is 16.0 Å². The first-order valence-electron chi connectivity index (χ1n) is 29.8. The number of fused-ring (bicyclic) bond motifs is 5. The first kappa shape index (κ1) is 67.4. The highest BCUT2D eigenvalue weighted by Gasteiger charge is 2.79. The molecule has 93 heavy (non-hydrogen) atoms. The number of rotatable bonds is 24.